The SMILES string of the molecule is COCCOCC(=O)NC(CC1CC1)C(=O)O. The number of aliphatic carboxylic acids is 1. The van der Waals surface area contributed by atoms with Crippen LogP contribution in [-0.4, -0.2) is 50.0 Å². The van der Waals surface area contributed by atoms with Gasteiger partial charge in [0.2, 0.25) is 5.91 Å². The minimum atomic E-state index is -0.984. The van der Waals surface area contributed by atoms with E-state index >= 15 is 0 Å². The fourth-order valence-corrected chi connectivity index (χ4v) is 1.45. The molecule has 1 fully saturated rings. The summed E-state index contributed by atoms with van der Waals surface area (Å²) in [5, 5.41) is 11.4. The normalized spacial score (nSPS) is 16.5. The molecule has 0 aromatic heterocycles. The van der Waals surface area contributed by atoms with Crippen LogP contribution in [0.4, 0.5) is 0 Å². The molecule has 1 aliphatic carbocycles. The van der Waals surface area contributed by atoms with Crippen molar-refractivity contribution in [1.82, 2.24) is 5.32 Å². The Bertz CT molecular complexity index is 265. The van der Waals surface area contributed by atoms with Crippen molar-refractivity contribution in [3.8, 4) is 0 Å². The Balaban J connectivity index is 2.18. The van der Waals surface area contributed by atoms with Gasteiger partial charge in [0.15, 0.2) is 0 Å². The number of carboxylic acid groups (broad SMARTS) is 1. The summed E-state index contributed by atoms with van der Waals surface area (Å²) in [5.41, 5.74) is 0. The molecule has 0 spiro atoms. The highest BCUT2D eigenvalue weighted by molar-refractivity contribution is 5.84. The minimum absolute atomic E-state index is 0.127. The van der Waals surface area contributed by atoms with Crippen molar-refractivity contribution < 1.29 is 24.2 Å². The number of amides is 1. The van der Waals surface area contributed by atoms with Gasteiger partial charge in [-0.15, -0.1) is 0 Å². The van der Waals surface area contributed by atoms with Crippen LogP contribution in [0.5, 0.6) is 0 Å². The molecule has 1 rings (SSSR count). The number of nitrogens with one attached hydrogen (secondary N) is 1. The van der Waals surface area contributed by atoms with Gasteiger partial charge < -0.3 is 19.9 Å². The molecule has 1 atom stereocenters. The maximum absolute atomic E-state index is 11.4. The number of carboxylic acids is 1. The van der Waals surface area contributed by atoms with Gasteiger partial charge in [-0.05, 0) is 12.3 Å². The first-order chi connectivity index (χ1) is 8.13. The topological polar surface area (TPSA) is 84.9 Å². The molecule has 0 heterocycles. The van der Waals surface area contributed by atoms with Crippen LogP contribution >= 0.6 is 0 Å². The van der Waals surface area contributed by atoms with Crippen LogP contribution in [0.15, 0.2) is 0 Å². The van der Waals surface area contributed by atoms with E-state index in [2.05, 4.69) is 5.32 Å². The van der Waals surface area contributed by atoms with E-state index in [1.54, 1.807) is 7.11 Å². The number of carbonyl (C=O) groups excluding carboxylic acids is 1. The second-order valence-corrected chi connectivity index (χ2v) is 4.18. The molecule has 0 aliphatic heterocycles. The van der Waals surface area contributed by atoms with E-state index in [9.17, 15) is 9.59 Å². The van der Waals surface area contributed by atoms with E-state index in [-0.39, 0.29) is 6.61 Å². The molecule has 17 heavy (non-hydrogen) atoms. The number of hydrogen-bond acceptors (Lipinski definition) is 4. The maximum Gasteiger partial charge on any atom is 0.326 e. The summed E-state index contributed by atoms with van der Waals surface area (Å²) in [7, 11) is 1.54. The second-order valence-electron chi connectivity index (χ2n) is 4.18. The lowest BCUT2D eigenvalue weighted by Crippen LogP contribution is -2.42. The summed E-state index contributed by atoms with van der Waals surface area (Å²) in [6, 6.07) is -0.791. The van der Waals surface area contributed by atoms with Gasteiger partial charge in [0.05, 0.1) is 13.2 Å². The lowest BCUT2D eigenvalue weighted by molar-refractivity contribution is -0.143. The average molecular weight is 245 g/mol. The number of hydrogen-bond donors (Lipinski definition) is 2. The molecule has 0 saturated heterocycles. The van der Waals surface area contributed by atoms with Crippen molar-refractivity contribution in [3.05, 3.63) is 0 Å². The van der Waals surface area contributed by atoms with Crippen LogP contribution in [-0.2, 0) is 19.1 Å². The maximum atomic E-state index is 11.4. The third kappa shape index (κ3) is 6.23. The summed E-state index contributed by atoms with van der Waals surface area (Å²) in [5.74, 6) is -0.929. The van der Waals surface area contributed by atoms with Gasteiger partial charge in [-0.3, -0.25) is 4.79 Å². The van der Waals surface area contributed by atoms with Crippen LogP contribution in [0.3, 0.4) is 0 Å². The van der Waals surface area contributed by atoms with Gasteiger partial charge in [0, 0.05) is 7.11 Å². The average Bonchev–Trinajstić information content (AvgIpc) is 3.07. The first-order valence-electron chi connectivity index (χ1n) is 5.72. The zero-order chi connectivity index (χ0) is 12.7. The highest BCUT2D eigenvalue weighted by atomic mass is 16.5. The third-order valence-corrected chi connectivity index (χ3v) is 2.56. The van der Waals surface area contributed by atoms with E-state index in [4.69, 9.17) is 14.6 Å². The Morgan fingerprint density at radius 1 is 1.41 bits per heavy atom. The van der Waals surface area contributed by atoms with Crippen molar-refractivity contribution in [1.29, 1.82) is 0 Å². The molecule has 0 bridgehead atoms. The fraction of sp³-hybridized carbons (Fsp3) is 0.818. The van der Waals surface area contributed by atoms with E-state index in [0.717, 1.165) is 12.8 Å². The Labute approximate surface area is 100 Å². The van der Waals surface area contributed by atoms with Crippen molar-refractivity contribution in [3.63, 3.8) is 0 Å². The molecule has 0 radical (unpaired) electrons. The summed E-state index contributed by atoms with van der Waals surface area (Å²) in [6.45, 7) is 0.611. The Morgan fingerprint density at radius 3 is 2.65 bits per heavy atom. The molecular weight excluding hydrogens is 226 g/mol. The summed E-state index contributed by atoms with van der Waals surface area (Å²) in [6.07, 6.45) is 2.63. The van der Waals surface area contributed by atoms with E-state index in [0.29, 0.717) is 25.6 Å². The molecule has 98 valence electrons. The van der Waals surface area contributed by atoms with Crippen LogP contribution in [0, 0.1) is 5.92 Å². The molecule has 2 N–H and O–H groups in total. The van der Waals surface area contributed by atoms with E-state index in [1.807, 2.05) is 0 Å². The van der Waals surface area contributed by atoms with Gasteiger partial charge in [0.25, 0.3) is 0 Å². The molecule has 1 amide bonds. The van der Waals surface area contributed by atoms with Crippen LogP contribution in [0.25, 0.3) is 0 Å². The van der Waals surface area contributed by atoms with Gasteiger partial charge in [0.1, 0.15) is 12.6 Å². The van der Waals surface area contributed by atoms with Crippen molar-refractivity contribution in [2.45, 2.75) is 25.3 Å². The minimum Gasteiger partial charge on any atom is -0.480 e. The number of carbonyl (C=O) groups is 2. The largest absolute Gasteiger partial charge is 0.480 e. The Kier molecular flexibility index (Phi) is 5.93. The third-order valence-electron chi connectivity index (χ3n) is 2.56. The molecular formula is C11H19NO5. The lowest BCUT2D eigenvalue weighted by Gasteiger charge is -2.14. The first kappa shape index (κ1) is 13.9. The van der Waals surface area contributed by atoms with Crippen molar-refractivity contribution in [2.75, 3.05) is 26.9 Å². The van der Waals surface area contributed by atoms with Crippen molar-refractivity contribution >= 4 is 11.9 Å². The second kappa shape index (κ2) is 7.24. The fourth-order valence-electron chi connectivity index (χ4n) is 1.45. The Hall–Kier alpha value is -1.14. The smallest absolute Gasteiger partial charge is 0.326 e. The van der Waals surface area contributed by atoms with Gasteiger partial charge in [-0.1, -0.05) is 12.8 Å². The molecule has 0 aromatic carbocycles. The van der Waals surface area contributed by atoms with Crippen LogP contribution in [0.1, 0.15) is 19.3 Å². The summed E-state index contributed by atoms with van der Waals surface area (Å²) < 4.78 is 9.76. The van der Waals surface area contributed by atoms with E-state index < -0.39 is 17.9 Å². The highest BCUT2D eigenvalue weighted by Gasteiger charge is 2.30. The molecule has 6 heteroatoms. The Morgan fingerprint density at radius 2 is 2.12 bits per heavy atom. The molecule has 1 aliphatic rings. The van der Waals surface area contributed by atoms with Crippen molar-refractivity contribution in [2.24, 2.45) is 5.92 Å². The monoisotopic (exact) mass is 245 g/mol. The summed E-state index contributed by atoms with van der Waals surface area (Å²) >= 11 is 0. The predicted molar refractivity (Wildman–Crippen MR) is 59.6 cm³/mol. The van der Waals surface area contributed by atoms with Crippen LogP contribution < -0.4 is 5.32 Å². The number of ether oxygens (including phenoxy) is 2. The van der Waals surface area contributed by atoms with Gasteiger partial charge in [-0.25, -0.2) is 4.79 Å². The molecule has 1 unspecified atom stereocenters. The van der Waals surface area contributed by atoms with Gasteiger partial charge in [-0.2, -0.15) is 0 Å². The molecule has 0 aromatic rings. The number of methoxy groups -OCH3 is 1. The zero-order valence-electron chi connectivity index (χ0n) is 9.98. The lowest BCUT2D eigenvalue weighted by atomic mass is 10.1. The summed E-state index contributed by atoms with van der Waals surface area (Å²) in [4.78, 5) is 22.3. The highest BCUT2D eigenvalue weighted by Crippen LogP contribution is 2.33. The zero-order valence-corrected chi connectivity index (χ0v) is 9.98. The van der Waals surface area contributed by atoms with E-state index in [1.165, 1.54) is 0 Å². The number of rotatable bonds is 9. The van der Waals surface area contributed by atoms with Gasteiger partial charge >= 0.3 is 5.97 Å². The molecule has 1 saturated carbocycles. The quantitative estimate of drug-likeness (QED) is 0.559. The standard InChI is InChI=1S/C11H19NO5/c1-16-4-5-17-7-10(13)12-9(11(14)15)6-8-2-3-8/h8-9H,2-7H2,1H3,(H,12,13)(H,14,15). The van der Waals surface area contributed by atoms with Crippen LogP contribution in [0.2, 0.25) is 0 Å². The molecule has 6 nitrogen and oxygen atoms in total. The first-order valence-corrected chi connectivity index (χ1v) is 5.72. The predicted octanol–water partition coefficient (Wildman–Crippen LogP) is 0.0189.